The van der Waals surface area contributed by atoms with Gasteiger partial charge in [-0.05, 0) is 39.3 Å². The van der Waals surface area contributed by atoms with E-state index in [9.17, 15) is 4.79 Å². The summed E-state index contributed by atoms with van der Waals surface area (Å²) in [5.74, 6) is 0.887. The van der Waals surface area contributed by atoms with Crippen LogP contribution in [0.2, 0.25) is 0 Å². The highest BCUT2D eigenvalue weighted by atomic mass is 16.2. The van der Waals surface area contributed by atoms with Crippen molar-refractivity contribution < 1.29 is 4.79 Å². The van der Waals surface area contributed by atoms with Crippen molar-refractivity contribution in [3.63, 3.8) is 0 Å². The smallest absolute Gasteiger partial charge is 0.219 e. The van der Waals surface area contributed by atoms with E-state index < -0.39 is 0 Å². The first kappa shape index (κ1) is 11.5. The van der Waals surface area contributed by atoms with Crippen LogP contribution in [0.1, 0.15) is 26.7 Å². The summed E-state index contributed by atoms with van der Waals surface area (Å²) in [6.45, 7) is 7.85. The summed E-state index contributed by atoms with van der Waals surface area (Å²) in [6, 6.07) is 0. The standard InChI is InChI=1S/C11H22N2O/c1-4-13(10(2)14)9-11-6-5-7-12(3)8-11/h11H,4-9H2,1-3H3. The molecule has 1 amide bonds. The predicted octanol–water partition coefficient (Wildman–Crippen LogP) is 1.20. The zero-order valence-corrected chi connectivity index (χ0v) is 9.62. The van der Waals surface area contributed by atoms with Crippen LogP contribution in [0, 0.1) is 5.92 Å². The maximum atomic E-state index is 11.2. The van der Waals surface area contributed by atoms with Crippen molar-refractivity contribution >= 4 is 5.91 Å². The zero-order valence-electron chi connectivity index (χ0n) is 9.62. The molecule has 0 N–H and O–H groups in total. The third-order valence-electron chi connectivity index (χ3n) is 3.03. The topological polar surface area (TPSA) is 23.6 Å². The van der Waals surface area contributed by atoms with Gasteiger partial charge in [0.05, 0.1) is 0 Å². The van der Waals surface area contributed by atoms with Crippen molar-refractivity contribution in [3.05, 3.63) is 0 Å². The second-order valence-corrected chi connectivity index (χ2v) is 4.33. The Kier molecular flexibility index (Phi) is 4.39. The molecule has 3 heteroatoms. The molecule has 1 unspecified atom stereocenters. The molecule has 1 heterocycles. The summed E-state index contributed by atoms with van der Waals surface area (Å²) in [4.78, 5) is 15.6. The molecule has 1 rings (SSSR count). The molecule has 0 bridgehead atoms. The molecular formula is C11H22N2O. The second kappa shape index (κ2) is 5.35. The van der Waals surface area contributed by atoms with E-state index in [1.165, 1.54) is 19.4 Å². The van der Waals surface area contributed by atoms with E-state index in [-0.39, 0.29) is 5.91 Å². The highest BCUT2D eigenvalue weighted by Gasteiger charge is 2.20. The molecule has 14 heavy (non-hydrogen) atoms. The minimum Gasteiger partial charge on any atom is -0.343 e. The van der Waals surface area contributed by atoms with Gasteiger partial charge < -0.3 is 9.80 Å². The third kappa shape index (κ3) is 3.29. The van der Waals surface area contributed by atoms with E-state index in [2.05, 4.69) is 11.9 Å². The number of amides is 1. The van der Waals surface area contributed by atoms with Crippen LogP contribution in [0.15, 0.2) is 0 Å². The SMILES string of the molecule is CCN(CC1CCCN(C)C1)C(C)=O. The van der Waals surface area contributed by atoms with Gasteiger partial charge in [0, 0.05) is 26.6 Å². The van der Waals surface area contributed by atoms with Crippen molar-refractivity contribution in [1.82, 2.24) is 9.80 Å². The second-order valence-electron chi connectivity index (χ2n) is 4.33. The predicted molar refractivity (Wildman–Crippen MR) is 58.1 cm³/mol. The maximum absolute atomic E-state index is 11.2. The zero-order chi connectivity index (χ0) is 10.6. The van der Waals surface area contributed by atoms with Crippen LogP contribution in [0.4, 0.5) is 0 Å². The van der Waals surface area contributed by atoms with E-state index in [4.69, 9.17) is 0 Å². The fraction of sp³-hybridized carbons (Fsp3) is 0.909. The molecule has 82 valence electrons. The molecule has 0 aromatic carbocycles. The Labute approximate surface area is 87.1 Å². The largest absolute Gasteiger partial charge is 0.343 e. The minimum atomic E-state index is 0.209. The molecule has 1 saturated heterocycles. The molecule has 0 aromatic heterocycles. The third-order valence-corrected chi connectivity index (χ3v) is 3.03. The summed E-state index contributed by atoms with van der Waals surface area (Å²) in [7, 11) is 2.16. The highest BCUT2D eigenvalue weighted by Crippen LogP contribution is 2.16. The molecule has 1 aliphatic heterocycles. The van der Waals surface area contributed by atoms with Crippen LogP contribution in [0.3, 0.4) is 0 Å². The van der Waals surface area contributed by atoms with Gasteiger partial charge in [-0.25, -0.2) is 0 Å². The lowest BCUT2D eigenvalue weighted by Gasteiger charge is -2.33. The lowest BCUT2D eigenvalue weighted by atomic mass is 9.98. The van der Waals surface area contributed by atoms with Gasteiger partial charge in [0.1, 0.15) is 0 Å². The Hall–Kier alpha value is -0.570. The number of likely N-dealkylation sites (tertiary alicyclic amines) is 1. The number of hydrogen-bond donors (Lipinski definition) is 0. The number of carbonyl (C=O) groups is 1. The van der Waals surface area contributed by atoms with Crippen LogP contribution < -0.4 is 0 Å². The number of piperidine rings is 1. The van der Waals surface area contributed by atoms with Crippen molar-refractivity contribution in [1.29, 1.82) is 0 Å². The van der Waals surface area contributed by atoms with Gasteiger partial charge in [-0.3, -0.25) is 4.79 Å². The van der Waals surface area contributed by atoms with Crippen LogP contribution in [0.25, 0.3) is 0 Å². The molecule has 0 radical (unpaired) electrons. The molecule has 1 fully saturated rings. The van der Waals surface area contributed by atoms with E-state index in [0.717, 1.165) is 19.6 Å². The van der Waals surface area contributed by atoms with Gasteiger partial charge in [-0.2, -0.15) is 0 Å². The average Bonchev–Trinajstić information content (AvgIpc) is 2.14. The van der Waals surface area contributed by atoms with Gasteiger partial charge in [0.25, 0.3) is 0 Å². The summed E-state index contributed by atoms with van der Waals surface area (Å²) in [6.07, 6.45) is 2.55. The van der Waals surface area contributed by atoms with Crippen LogP contribution in [-0.4, -0.2) is 48.9 Å². The van der Waals surface area contributed by atoms with Gasteiger partial charge in [0.15, 0.2) is 0 Å². The number of hydrogen-bond acceptors (Lipinski definition) is 2. The first-order valence-electron chi connectivity index (χ1n) is 5.57. The van der Waals surface area contributed by atoms with Crippen LogP contribution >= 0.6 is 0 Å². The van der Waals surface area contributed by atoms with E-state index in [0.29, 0.717) is 5.92 Å². The fourth-order valence-corrected chi connectivity index (χ4v) is 2.21. The summed E-state index contributed by atoms with van der Waals surface area (Å²) in [5.41, 5.74) is 0. The first-order chi connectivity index (χ1) is 6.63. The monoisotopic (exact) mass is 198 g/mol. The Morgan fingerprint density at radius 1 is 1.57 bits per heavy atom. The molecule has 1 aliphatic rings. The molecule has 0 spiro atoms. The van der Waals surface area contributed by atoms with Gasteiger partial charge >= 0.3 is 0 Å². The maximum Gasteiger partial charge on any atom is 0.219 e. The van der Waals surface area contributed by atoms with E-state index in [1.54, 1.807) is 6.92 Å². The lowest BCUT2D eigenvalue weighted by molar-refractivity contribution is -0.129. The molecule has 3 nitrogen and oxygen atoms in total. The molecular weight excluding hydrogens is 176 g/mol. The van der Waals surface area contributed by atoms with Crippen molar-refractivity contribution in [3.8, 4) is 0 Å². The Morgan fingerprint density at radius 3 is 2.79 bits per heavy atom. The van der Waals surface area contributed by atoms with Crippen LogP contribution in [0.5, 0.6) is 0 Å². The Morgan fingerprint density at radius 2 is 2.29 bits per heavy atom. The van der Waals surface area contributed by atoms with Crippen molar-refractivity contribution in [2.45, 2.75) is 26.7 Å². The number of rotatable bonds is 3. The molecule has 0 aromatic rings. The van der Waals surface area contributed by atoms with Gasteiger partial charge in [-0.1, -0.05) is 0 Å². The van der Waals surface area contributed by atoms with Gasteiger partial charge in [0.2, 0.25) is 5.91 Å². The van der Waals surface area contributed by atoms with E-state index in [1.807, 2.05) is 11.8 Å². The quantitative estimate of drug-likeness (QED) is 0.680. The van der Waals surface area contributed by atoms with Crippen LogP contribution in [-0.2, 0) is 4.79 Å². The number of nitrogens with zero attached hydrogens (tertiary/aromatic N) is 2. The summed E-state index contributed by atoms with van der Waals surface area (Å²) < 4.78 is 0. The molecule has 0 aliphatic carbocycles. The number of carbonyl (C=O) groups excluding carboxylic acids is 1. The fourth-order valence-electron chi connectivity index (χ4n) is 2.21. The molecule has 0 saturated carbocycles. The van der Waals surface area contributed by atoms with Crippen molar-refractivity contribution in [2.24, 2.45) is 5.92 Å². The van der Waals surface area contributed by atoms with E-state index >= 15 is 0 Å². The van der Waals surface area contributed by atoms with Crippen molar-refractivity contribution in [2.75, 3.05) is 33.2 Å². The van der Waals surface area contributed by atoms with Gasteiger partial charge in [-0.15, -0.1) is 0 Å². The highest BCUT2D eigenvalue weighted by molar-refractivity contribution is 5.73. The normalized spacial score (nSPS) is 23.5. The Bertz CT molecular complexity index is 194. The average molecular weight is 198 g/mol. The first-order valence-corrected chi connectivity index (χ1v) is 5.57. The molecule has 1 atom stereocenters. The minimum absolute atomic E-state index is 0.209. The Balaban J connectivity index is 2.37. The lowest BCUT2D eigenvalue weighted by Crippen LogP contribution is -2.40. The summed E-state index contributed by atoms with van der Waals surface area (Å²) >= 11 is 0. The summed E-state index contributed by atoms with van der Waals surface area (Å²) in [5, 5.41) is 0.